The highest BCUT2D eigenvalue weighted by molar-refractivity contribution is 5.87. The van der Waals surface area contributed by atoms with Gasteiger partial charge in [-0.3, -0.25) is 15.1 Å². The summed E-state index contributed by atoms with van der Waals surface area (Å²) in [5.41, 5.74) is 1.46. The zero-order valence-corrected chi connectivity index (χ0v) is 17.5. The molecule has 0 unspecified atom stereocenters. The van der Waals surface area contributed by atoms with Gasteiger partial charge >= 0.3 is 6.03 Å². The van der Waals surface area contributed by atoms with Crippen molar-refractivity contribution in [3.8, 4) is 5.75 Å². The Kier molecular flexibility index (Phi) is 9.01. The van der Waals surface area contributed by atoms with Gasteiger partial charge in [0.2, 0.25) is 5.95 Å². The van der Waals surface area contributed by atoms with Gasteiger partial charge < -0.3 is 15.0 Å². The van der Waals surface area contributed by atoms with Gasteiger partial charge in [0, 0.05) is 44.2 Å². The number of urea groups is 1. The fourth-order valence-corrected chi connectivity index (χ4v) is 2.68. The van der Waals surface area contributed by atoms with E-state index in [1.165, 1.54) is 6.07 Å². The average molecular weight is 402 g/mol. The van der Waals surface area contributed by atoms with Crippen molar-refractivity contribution in [2.24, 2.45) is 0 Å². The molecular weight excluding hydrogens is 370 g/mol. The summed E-state index contributed by atoms with van der Waals surface area (Å²) >= 11 is 0. The second kappa shape index (κ2) is 11.7. The standard InChI is InChI=1S/C21H31N5O3/c1-4-5-12-22-21(28)25-20-23-16(14-19(27)24-20)9-6-7-13-29-18-11-8-10-17(15-18)26(2)3/h8,10-11,14-15H,4-7,9,12-13H2,1-3H3,(H3,22,23,24,25,27,28). The van der Waals surface area contributed by atoms with Crippen LogP contribution in [0.25, 0.3) is 0 Å². The number of amides is 2. The van der Waals surface area contributed by atoms with E-state index in [1.807, 2.05) is 50.2 Å². The molecule has 0 fully saturated rings. The van der Waals surface area contributed by atoms with Crippen molar-refractivity contribution in [3.63, 3.8) is 0 Å². The molecule has 8 heteroatoms. The number of hydrogen-bond donors (Lipinski definition) is 3. The molecule has 2 amide bonds. The summed E-state index contributed by atoms with van der Waals surface area (Å²) in [7, 11) is 3.98. The number of aromatic nitrogens is 2. The summed E-state index contributed by atoms with van der Waals surface area (Å²) in [6.45, 7) is 3.22. The Balaban J connectivity index is 1.77. The number of nitrogens with one attached hydrogen (secondary N) is 3. The lowest BCUT2D eigenvalue weighted by Crippen LogP contribution is -2.31. The first-order valence-corrected chi connectivity index (χ1v) is 10.0. The van der Waals surface area contributed by atoms with Crippen molar-refractivity contribution in [1.82, 2.24) is 15.3 Å². The number of hydrogen-bond acceptors (Lipinski definition) is 5. The number of carbonyl (C=O) groups excluding carboxylic acids is 1. The minimum absolute atomic E-state index is 0.165. The third-order valence-corrected chi connectivity index (χ3v) is 4.27. The van der Waals surface area contributed by atoms with E-state index in [4.69, 9.17) is 4.74 Å². The summed E-state index contributed by atoms with van der Waals surface area (Å²) < 4.78 is 5.80. The van der Waals surface area contributed by atoms with E-state index in [1.54, 1.807) is 0 Å². The van der Waals surface area contributed by atoms with Gasteiger partial charge in [-0.25, -0.2) is 9.78 Å². The molecule has 29 heavy (non-hydrogen) atoms. The fraction of sp³-hybridized carbons (Fsp3) is 0.476. The largest absolute Gasteiger partial charge is 0.494 e. The molecule has 0 spiro atoms. The van der Waals surface area contributed by atoms with Crippen LogP contribution in [0.4, 0.5) is 16.4 Å². The lowest BCUT2D eigenvalue weighted by Gasteiger charge is -2.14. The van der Waals surface area contributed by atoms with Crippen LogP contribution < -0.4 is 25.8 Å². The van der Waals surface area contributed by atoms with Gasteiger partial charge in [0.15, 0.2) is 0 Å². The Morgan fingerprint density at radius 1 is 1.21 bits per heavy atom. The highest BCUT2D eigenvalue weighted by Crippen LogP contribution is 2.19. The van der Waals surface area contributed by atoms with Crippen LogP contribution in [0.1, 0.15) is 38.3 Å². The first-order valence-electron chi connectivity index (χ1n) is 10.0. The van der Waals surface area contributed by atoms with Crippen molar-refractivity contribution in [2.45, 2.75) is 39.0 Å². The monoisotopic (exact) mass is 401 g/mol. The summed E-state index contributed by atoms with van der Waals surface area (Å²) in [4.78, 5) is 32.5. The lowest BCUT2D eigenvalue weighted by molar-refractivity contribution is 0.252. The lowest BCUT2D eigenvalue weighted by atomic mass is 10.2. The average Bonchev–Trinajstić information content (AvgIpc) is 2.67. The summed E-state index contributed by atoms with van der Waals surface area (Å²) in [5, 5.41) is 5.30. The third-order valence-electron chi connectivity index (χ3n) is 4.27. The molecular formula is C21H31N5O3. The Morgan fingerprint density at radius 3 is 2.79 bits per heavy atom. The molecule has 158 valence electrons. The van der Waals surface area contributed by atoms with E-state index in [-0.39, 0.29) is 17.5 Å². The Hall–Kier alpha value is -3.03. The van der Waals surface area contributed by atoms with Gasteiger partial charge in [0.25, 0.3) is 5.56 Å². The molecule has 0 aliphatic carbocycles. The van der Waals surface area contributed by atoms with Crippen LogP contribution in [0.3, 0.4) is 0 Å². The number of H-pyrrole nitrogens is 1. The van der Waals surface area contributed by atoms with Crippen LogP contribution in [0.15, 0.2) is 35.1 Å². The van der Waals surface area contributed by atoms with Gasteiger partial charge in [-0.2, -0.15) is 0 Å². The van der Waals surface area contributed by atoms with E-state index in [0.717, 1.165) is 37.1 Å². The number of unbranched alkanes of at least 4 members (excludes halogenated alkanes) is 2. The van der Waals surface area contributed by atoms with E-state index in [9.17, 15) is 9.59 Å². The molecule has 0 aliphatic heterocycles. The number of rotatable bonds is 11. The van der Waals surface area contributed by atoms with Gasteiger partial charge in [-0.15, -0.1) is 0 Å². The van der Waals surface area contributed by atoms with E-state index in [2.05, 4.69) is 20.6 Å². The molecule has 8 nitrogen and oxygen atoms in total. The van der Waals surface area contributed by atoms with Crippen molar-refractivity contribution >= 4 is 17.7 Å². The topological polar surface area (TPSA) is 99.3 Å². The van der Waals surface area contributed by atoms with Crippen molar-refractivity contribution in [1.29, 1.82) is 0 Å². The van der Waals surface area contributed by atoms with E-state index >= 15 is 0 Å². The normalized spacial score (nSPS) is 10.4. The highest BCUT2D eigenvalue weighted by Gasteiger charge is 2.06. The molecule has 2 aromatic rings. The highest BCUT2D eigenvalue weighted by atomic mass is 16.5. The molecule has 3 N–H and O–H groups in total. The Bertz CT molecular complexity index is 835. The molecule has 1 aromatic carbocycles. The van der Waals surface area contributed by atoms with Gasteiger partial charge in [-0.05, 0) is 37.8 Å². The maximum absolute atomic E-state index is 11.8. The van der Waals surface area contributed by atoms with E-state index in [0.29, 0.717) is 25.3 Å². The number of aromatic amines is 1. The Labute approximate surface area is 171 Å². The predicted octanol–water partition coefficient (Wildman–Crippen LogP) is 3.16. The second-order valence-corrected chi connectivity index (χ2v) is 7.02. The Morgan fingerprint density at radius 2 is 2.03 bits per heavy atom. The molecule has 0 saturated heterocycles. The van der Waals surface area contributed by atoms with Crippen LogP contribution in [0, 0.1) is 0 Å². The predicted molar refractivity (Wildman–Crippen MR) is 116 cm³/mol. The van der Waals surface area contributed by atoms with Gasteiger partial charge in [-0.1, -0.05) is 19.4 Å². The molecule has 0 radical (unpaired) electrons. The van der Waals surface area contributed by atoms with Crippen molar-refractivity contribution < 1.29 is 9.53 Å². The van der Waals surface area contributed by atoms with Crippen molar-refractivity contribution in [3.05, 3.63) is 46.4 Å². The van der Waals surface area contributed by atoms with Crippen molar-refractivity contribution in [2.75, 3.05) is 37.5 Å². The molecule has 1 aromatic heterocycles. The number of ether oxygens (including phenoxy) is 1. The van der Waals surface area contributed by atoms with Crippen LogP contribution in [-0.4, -0.2) is 43.2 Å². The fourth-order valence-electron chi connectivity index (χ4n) is 2.68. The van der Waals surface area contributed by atoms with Crippen LogP contribution in [-0.2, 0) is 6.42 Å². The maximum Gasteiger partial charge on any atom is 0.321 e. The molecule has 1 heterocycles. The van der Waals surface area contributed by atoms with Gasteiger partial charge in [0.1, 0.15) is 5.75 Å². The summed E-state index contributed by atoms with van der Waals surface area (Å²) in [6.07, 6.45) is 4.19. The SMILES string of the molecule is CCCCNC(=O)Nc1nc(CCCCOc2cccc(N(C)C)c2)cc(=O)[nH]1. The van der Waals surface area contributed by atoms with E-state index < -0.39 is 0 Å². The number of aryl methyl sites for hydroxylation is 1. The molecule has 0 bridgehead atoms. The number of carbonyl (C=O) groups is 1. The quantitative estimate of drug-likeness (QED) is 0.502. The number of nitrogens with zero attached hydrogens (tertiary/aromatic N) is 2. The van der Waals surface area contributed by atoms with Crippen LogP contribution in [0.2, 0.25) is 0 Å². The van der Waals surface area contributed by atoms with Crippen LogP contribution >= 0.6 is 0 Å². The molecule has 2 rings (SSSR count). The molecule has 0 aliphatic rings. The van der Waals surface area contributed by atoms with Gasteiger partial charge in [0.05, 0.1) is 6.61 Å². The first-order chi connectivity index (χ1) is 14.0. The minimum Gasteiger partial charge on any atom is -0.494 e. The van der Waals surface area contributed by atoms with Crippen LogP contribution in [0.5, 0.6) is 5.75 Å². The zero-order chi connectivity index (χ0) is 21.1. The molecule has 0 atom stereocenters. The zero-order valence-electron chi connectivity index (χ0n) is 17.5. The minimum atomic E-state index is -0.368. The maximum atomic E-state index is 11.8. The summed E-state index contributed by atoms with van der Waals surface area (Å²) in [6, 6.07) is 9.03. The number of anilines is 2. The first kappa shape index (κ1) is 22.3. The number of benzene rings is 1. The second-order valence-electron chi connectivity index (χ2n) is 7.02. The smallest absolute Gasteiger partial charge is 0.321 e. The summed E-state index contributed by atoms with van der Waals surface area (Å²) in [5.74, 6) is 1.00. The third kappa shape index (κ3) is 8.25. The molecule has 0 saturated carbocycles.